The Hall–Kier alpha value is -3.42. The van der Waals surface area contributed by atoms with Crippen molar-refractivity contribution in [3.63, 3.8) is 0 Å². The van der Waals surface area contributed by atoms with Gasteiger partial charge in [-0.3, -0.25) is 9.69 Å². The van der Waals surface area contributed by atoms with E-state index in [0.717, 1.165) is 5.75 Å². The summed E-state index contributed by atoms with van der Waals surface area (Å²) in [6, 6.07) is 18.6. The summed E-state index contributed by atoms with van der Waals surface area (Å²) in [4.78, 5) is 14.4. The van der Waals surface area contributed by atoms with E-state index in [1.807, 2.05) is 6.92 Å². The van der Waals surface area contributed by atoms with Gasteiger partial charge in [0.25, 0.3) is 5.91 Å². The summed E-state index contributed by atoms with van der Waals surface area (Å²) in [6.45, 7) is 2.52. The molecule has 0 unspecified atom stereocenters. The lowest BCUT2D eigenvalue weighted by molar-refractivity contribution is -0.113. The first kappa shape index (κ1) is 22.8. The largest absolute Gasteiger partial charge is 0.494 e. The summed E-state index contributed by atoms with van der Waals surface area (Å²) < 4.78 is 24.9. The number of hydrogen-bond acceptors (Lipinski definition) is 4. The number of carbonyl (C=O) groups is 1. The van der Waals surface area contributed by atoms with Gasteiger partial charge in [0.15, 0.2) is 5.11 Å². The number of carbonyl (C=O) groups excluding carboxylic acids is 1. The number of nitrogens with one attached hydrogen (secondary N) is 1. The first-order valence-electron chi connectivity index (χ1n) is 10.2. The normalized spacial score (nSPS) is 14.5. The van der Waals surface area contributed by atoms with Gasteiger partial charge < -0.3 is 14.8 Å². The SMILES string of the molecule is CCOc1ccc(N2C(=O)C(=Cc3ccc(OCc4ccccc4F)c(Cl)c3)NC2=S)cc1. The molecule has 1 heterocycles. The minimum atomic E-state index is -0.339. The molecule has 5 nitrogen and oxygen atoms in total. The number of thiocarbonyl (C=S) groups is 1. The molecule has 1 aliphatic heterocycles. The van der Waals surface area contributed by atoms with Crippen molar-refractivity contribution in [3.8, 4) is 11.5 Å². The van der Waals surface area contributed by atoms with Crippen LogP contribution in [-0.4, -0.2) is 17.6 Å². The third kappa shape index (κ3) is 5.16. The number of ether oxygens (including phenoxy) is 2. The molecule has 1 fully saturated rings. The molecule has 0 radical (unpaired) electrons. The van der Waals surface area contributed by atoms with Crippen molar-refractivity contribution in [2.75, 3.05) is 11.5 Å². The topological polar surface area (TPSA) is 50.8 Å². The fraction of sp³-hybridized carbons (Fsp3) is 0.120. The van der Waals surface area contributed by atoms with Crippen molar-refractivity contribution in [2.24, 2.45) is 0 Å². The van der Waals surface area contributed by atoms with Crippen molar-refractivity contribution in [1.82, 2.24) is 5.32 Å². The first-order valence-corrected chi connectivity index (χ1v) is 11.0. The van der Waals surface area contributed by atoms with E-state index < -0.39 is 0 Å². The predicted molar refractivity (Wildman–Crippen MR) is 131 cm³/mol. The quantitative estimate of drug-likeness (QED) is 0.345. The van der Waals surface area contributed by atoms with Crippen LogP contribution < -0.4 is 19.7 Å². The van der Waals surface area contributed by atoms with Crippen molar-refractivity contribution in [3.05, 3.63) is 94.4 Å². The molecule has 8 heteroatoms. The molecular weight excluding hydrogens is 463 g/mol. The zero-order chi connectivity index (χ0) is 23.4. The summed E-state index contributed by atoms with van der Waals surface area (Å²) in [6.07, 6.45) is 1.66. The summed E-state index contributed by atoms with van der Waals surface area (Å²) in [5.74, 6) is 0.516. The molecule has 1 aliphatic rings. The molecule has 0 aliphatic carbocycles. The molecule has 0 spiro atoms. The zero-order valence-electron chi connectivity index (χ0n) is 17.7. The summed E-state index contributed by atoms with van der Waals surface area (Å²) >= 11 is 11.7. The number of halogens is 2. The van der Waals surface area contributed by atoms with Gasteiger partial charge >= 0.3 is 0 Å². The van der Waals surface area contributed by atoms with Gasteiger partial charge in [-0.2, -0.15) is 0 Å². The number of rotatable bonds is 7. The van der Waals surface area contributed by atoms with Crippen molar-refractivity contribution < 1.29 is 18.7 Å². The molecule has 0 aromatic heterocycles. The third-order valence-electron chi connectivity index (χ3n) is 4.89. The van der Waals surface area contributed by atoms with Gasteiger partial charge in [-0.25, -0.2) is 4.39 Å². The highest BCUT2D eigenvalue weighted by Gasteiger charge is 2.32. The number of nitrogens with zero attached hydrogens (tertiary/aromatic N) is 1. The van der Waals surface area contributed by atoms with Gasteiger partial charge in [0, 0.05) is 5.56 Å². The van der Waals surface area contributed by atoms with Crippen LogP contribution >= 0.6 is 23.8 Å². The van der Waals surface area contributed by atoms with E-state index in [1.165, 1.54) is 11.0 Å². The van der Waals surface area contributed by atoms with Crippen LogP contribution in [0.5, 0.6) is 11.5 Å². The Labute approximate surface area is 201 Å². The molecule has 1 N–H and O–H groups in total. The Morgan fingerprint density at radius 1 is 1.09 bits per heavy atom. The lowest BCUT2D eigenvalue weighted by Gasteiger charge is -2.14. The lowest BCUT2D eigenvalue weighted by atomic mass is 10.1. The number of amides is 1. The van der Waals surface area contributed by atoms with E-state index in [1.54, 1.807) is 66.7 Å². The van der Waals surface area contributed by atoms with Gasteiger partial charge in [0.05, 0.1) is 17.3 Å². The van der Waals surface area contributed by atoms with Crippen molar-refractivity contribution in [2.45, 2.75) is 13.5 Å². The van der Waals surface area contributed by atoms with Crippen LogP contribution in [0.25, 0.3) is 6.08 Å². The third-order valence-corrected chi connectivity index (χ3v) is 5.47. The smallest absolute Gasteiger partial charge is 0.281 e. The van der Waals surface area contributed by atoms with Crippen LogP contribution in [-0.2, 0) is 11.4 Å². The minimum absolute atomic E-state index is 0.0538. The van der Waals surface area contributed by atoms with Crippen LogP contribution in [0.4, 0.5) is 10.1 Å². The molecular formula is C25H20ClFN2O3S. The van der Waals surface area contributed by atoms with Gasteiger partial charge in [0.2, 0.25) is 0 Å². The zero-order valence-corrected chi connectivity index (χ0v) is 19.3. The summed E-state index contributed by atoms with van der Waals surface area (Å²) in [5.41, 5.74) is 2.08. The van der Waals surface area contributed by atoms with Crippen LogP contribution in [0.15, 0.2) is 72.4 Å². The van der Waals surface area contributed by atoms with E-state index in [-0.39, 0.29) is 23.4 Å². The first-order chi connectivity index (χ1) is 16.0. The predicted octanol–water partition coefficient (Wildman–Crippen LogP) is 5.72. The average Bonchev–Trinajstić information content (AvgIpc) is 3.08. The van der Waals surface area contributed by atoms with Crippen LogP contribution in [0, 0.1) is 5.82 Å². The van der Waals surface area contributed by atoms with Crippen molar-refractivity contribution >= 4 is 46.6 Å². The van der Waals surface area contributed by atoms with Gasteiger partial charge in [-0.05, 0) is 73.2 Å². The Balaban J connectivity index is 1.48. The number of benzene rings is 3. The minimum Gasteiger partial charge on any atom is -0.494 e. The highest BCUT2D eigenvalue weighted by Crippen LogP contribution is 2.29. The molecule has 4 rings (SSSR count). The molecule has 33 heavy (non-hydrogen) atoms. The maximum absolute atomic E-state index is 13.8. The Kier molecular flexibility index (Phi) is 6.91. The van der Waals surface area contributed by atoms with E-state index in [4.69, 9.17) is 33.3 Å². The van der Waals surface area contributed by atoms with E-state index in [9.17, 15) is 9.18 Å². The molecule has 0 saturated carbocycles. The van der Waals surface area contributed by atoms with Crippen LogP contribution in [0.3, 0.4) is 0 Å². The molecule has 0 atom stereocenters. The Morgan fingerprint density at radius 3 is 2.55 bits per heavy atom. The summed E-state index contributed by atoms with van der Waals surface area (Å²) in [7, 11) is 0. The maximum atomic E-state index is 13.8. The second kappa shape index (κ2) is 10.0. The van der Waals surface area contributed by atoms with Gasteiger partial charge in [-0.15, -0.1) is 0 Å². The lowest BCUT2D eigenvalue weighted by Crippen LogP contribution is -2.30. The van der Waals surface area contributed by atoms with E-state index in [2.05, 4.69) is 5.32 Å². The molecule has 3 aromatic carbocycles. The van der Waals surface area contributed by atoms with E-state index >= 15 is 0 Å². The van der Waals surface area contributed by atoms with Gasteiger partial charge in [-0.1, -0.05) is 35.9 Å². The highest BCUT2D eigenvalue weighted by molar-refractivity contribution is 7.80. The molecule has 1 amide bonds. The highest BCUT2D eigenvalue weighted by atomic mass is 35.5. The van der Waals surface area contributed by atoms with Gasteiger partial charge in [0.1, 0.15) is 29.6 Å². The average molecular weight is 483 g/mol. The monoisotopic (exact) mass is 482 g/mol. The van der Waals surface area contributed by atoms with E-state index in [0.29, 0.717) is 39.9 Å². The van der Waals surface area contributed by atoms with Crippen LogP contribution in [0.2, 0.25) is 5.02 Å². The molecule has 3 aromatic rings. The van der Waals surface area contributed by atoms with Crippen molar-refractivity contribution in [1.29, 1.82) is 0 Å². The second-order valence-electron chi connectivity index (χ2n) is 7.13. The summed E-state index contributed by atoms with van der Waals surface area (Å²) in [5, 5.41) is 3.58. The maximum Gasteiger partial charge on any atom is 0.281 e. The Morgan fingerprint density at radius 2 is 1.85 bits per heavy atom. The number of anilines is 1. The van der Waals surface area contributed by atoms with Crippen LogP contribution in [0.1, 0.15) is 18.1 Å². The molecule has 1 saturated heterocycles. The standard InChI is InChI=1S/C25H20ClFN2O3S/c1-2-31-19-10-8-18(9-11-19)29-24(30)22(28-25(29)33)14-16-7-12-23(20(26)13-16)32-15-17-5-3-4-6-21(17)27/h3-14H,2,15H2,1H3,(H,28,33). The molecule has 0 bridgehead atoms. The Bertz CT molecular complexity index is 1230. The molecule has 168 valence electrons. The fourth-order valence-corrected chi connectivity index (χ4v) is 3.83. The second-order valence-corrected chi connectivity index (χ2v) is 7.92. The number of hydrogen-bond donors (Lipinski definition) is 1. The fourth-order valence-electron chi connectivity index (χ4n) is 3.29.